The fourth-order valence-electron chi connectivity index (χ4n) is 3.96. The Morgan fingerprint density at radius 2 is 2.00 bits per heavy atom. The van der Waals surface area contributed by atoms with Gasteiger partial charge in [0, 0.05) is 24.6 Å². The number of halogens is 2. The van der Waals surface area contributed by atoms with Crippen LogP contribution in [-0.2, 0) is 24.7 Å². The number of aryl methyl sites for hydroxylation is 1. The van der Waals surface area contributed by atoms with Crippen molar-refractivity contribution in [2.24, 2.45) is 12.5 Å². The van der Waals surface area contributed by atoms with Crippen molar-refractivity contribution in [2.75, 3.05) is 0 Å². The van der Waals surface area contributed by atoms with Gasteiger partial charge in [0.05, 0.1) is 16.8 Å². The normalized spacial score (nSPS) is 19.2. The summed E-state index contributed by atoms with van der Waals surface area (Å²) in [4.78, 5) is 12.7. The highest BCUT2D eigenvalue weighted by Gasteiger charge is 2.49. The quantitative estimate of drug-likeness (QED) is 0.450. The molecule has 0 bridgehead atoms. The number of aromatic nitrogens is 2. The molecule has 2 N–H and O–H groups in total. The van der Waals surface area contributed by atoms with Gasteiger partial charge >= 0.3 is 0 Å². The zero-order valence-electron chi connectivity index (χ0n) is 16.6. The molecule has 1 atom stereocenters. The van der Waals surface area contributed by atoms with Crippen molar-refractivity contribution in [2.45, 2.75) is 26.7 Å². The van der Waals surface area contributed by atoms with E-state index in [1.54, 1.807) is 49.3 Å². The number of carbonyl (C=O) groups excluding carboxylic acids is 1. The molecule has 7 heteroatoms. The van der Waals surface area contributed by atoms with E-state index < -0.39 is 17.1 Å². The first-order valence-corrected chi connectivity index (χ1v) is 9.19. The molecule has 3 rings (SSSR count). The summed E-state index contributed by atoms with van der Waals surface area (Å²) in [6, 6.07) is 6.00. The number of hydrogen-bond donors (Lipinski definition) is 2. The van der Waals surface area contributed by atoms with E-state index in [-0.39, 0.29) is 29.8 Å². The Balaban J connectivity index is 2.10. The molecule has 2 aromatic rings. The van der Waals surface area contributed by atoms with Gasteiger partial charge in [-0.05, 0) is 61.8 Å². The maximum absolute atomic E-state index is 14.4. The summed E-state index contributed by atoms with van der Waals surface area (Å²) in [5.41, 5.74) is 3.93. The zero-order valence-corrected chi connectivity index (χ0v) is 16.6. The van der Waals surface area contributed by atoms with Crippen LogP contribution in [0.3, 0.4) is 0 Å². The van der Waals surface area contributed by atoms with E-state index in [0.29, 0.717) is 5.69 Å². The number of rotatable bonds is 5. The van der Waals surface area contributed by atoms with E-state index in [1.165, 1.54) is 18.2 Å². The summed E-state index contributed by atoms with van der Waals surface area (Å²) in [6.45, 7) is 7.24. The van der Waals surface area contributed by atoms with Gasteiger partial charge in [0.25, 0.3) is 5.91 Å². The number of benzene rings is 1. The Morgan fingerprint density at radius 3 is 2.59 bits per heavy atom. The van der Waals surface area contributed by atoms with E-state index in [4.69, 9.17) is 0 Å². The van der Waals surface area contributed by atoms with Crippen molar-refractivity contribution in [1.82, 2.24) is 15.3 Å². The number of amides is 1. The molecule has 0 aliphatic heterocycles. The Kier molecular flexibility index (Phi) is 5.53. The topological polar surface area (TPSA) is 67.2 Å². The fourth-order valence-corrected chi connectivity index (χ4v) is 3.96. The molecule has 1 aromatic carbocycles. The minimum atomic E-state index is -1.27. The number of carbonyl (C=O) groups is 1. The third-order valence-electron chi connectivity index (χ3n) is 5.53. The number of fused-ring (bicyclic) bond motifs is 1. The van der Waals surface area contributed by atoms with Crippen molar-refractivity contribution in [3.05, 3.63) is 77.0 Å². The van der Waals surface area contributed by atoms with E-state index in [1.807, 2.05) is 0 Å². The number of allylic oxidation sites excluding steroid dienone is 4. The molecule has 1 aliphatic rings. The molecule has 1 aromatic heterocycles. The van der Waals surface area contributed by atoms with E-state index in [2.05, 4.69) is 11.7 Å². The van der Waals surface area contributed by atoms with Gasteiger partial charge in [0.15, 0.2) is 0 Å². The van der Waals surface area contributed by atoms with Crippen LogP contribution in [0.15, 0.2) is 60.0 Å². The summed E-state index contributed by atoms with van der Waals surface area (Å²) in [5, 5.41) is 13.9. The molecule has 1 heterocycles. The van der Waals surface area contributed by atoms with E-state index >= 15 is 0 Å². The van der Waals surface area contributed by atoms with Gasteiger partial charge in [0.1, 0.15) is 11.6 Å². The van der Waals surface area contributed by atoms with Gasteiger partial charge in [-0.1, -0.05) is 12.7 Å². The zero-order chi connectivity index (χ0) is 21.3. The lowest BCUT2D eigenvalue weighted by molar-refractivity contribution is -0.137. The second kappa shape index (κ2) is 7.75. The lowest BCUT2D eigenvalue weighted by Gasteiger charge is -2.30. The third-order valence-corrected chi connectivity index (χ3v) is 5.53. The van der Waals surface area contributed by atoms with Gasteiger partial charge in [-0.3, -0.25) is 14.7 Å². The SMILES string of the molecule is C=C(/C(C)=C(F)\C=C/C)[C@]1(C(=O)NO)Cc2nn(C)c(-c3ccc(F)cc3)c2C1. The highest BCUT2D eigenvalue weighted by molar-refractivity contribution is 5.88. The number of hydrogen-bond acceptors (Lipinski definition) is 3. The molecule has 1 aliphatic carbocycles. The van der Waals surface area contributed by atoms with Gasteiger partial charge in [-0.15, -0.1) is 0 Å². The molecule has 0 radical (unpaired) electrons. The summed E-state index contributed by atoms with van der Waals surface area (Å²) in [7, 11) is 1.77. The van der Waals surface area contributed by atoms with Gasteiger partial charge in [0.2, 0.25) is 0 Å². The first-order valence-electron chi connectivity index (χ1n) is 9.19. The second-order valence-corrected chi connectivity index (χ2v) is 7.23. The molecule has 1 amide bonds. The summed E-state index contributed by atoms with van der Waals surface area (Å²) < 4.78 is 29.5. The summed E-state index contributed by atoms with van der Waals surface area (Å²) in [6.07, 6.45) is 3.22. The smallest absolute Gasteiger partial charge is 0.254 e. The molecule has 29 heavy (non-hydrogen) atoms. The van der Waals surface area contributed by atoms with Crippen molar-refractivity contribution in [1.29, 1.82) is 0 Å². The average molecular weight is 399 g/mol. The van der Waals surface area contributed by atoms with Crippen molar-refractivity contribution in [3.8, 4) is 11.3 Å². The van der Waals surface area contributed by atoms with Gasteiger partial charge in [-0.25, -0.2) is 14.3 Å². The van der Waals surface area contributed by atoms with Crippen LogP contribution < -0.4 is 5.48 Å². The number of nitrogens with one attached hydrogen (secondary N) is 1. The lowest BCUT2D eigenvalue weighted by Crippen LogP contribution is -2.42. The molecule has 0 unspecified atom stereocenters. The molecule has 5 nitrogen and oxygen atoms in total. The van der Waals surface area contributed by atoms with Crippen LogP contribution in [0.4, 0.5) is 8.78 Å². The van der Waals surface area contributed by atoms with Crippen molar-refractivity contribution >= 4 is 5.91 Å². The van der Waals surface area contributed by atoms with Gasteiger partial charge in [-0.2, -0.15) is 5.10 Å². The van der Waals surface area contributed by atoms with Crippen LogP contribution in [0.25, 0.3) is 11.3 Å². The first-order chi connectivity index (χ1) is 13.7. The van der Waals surface area contributed by atoms with Crippen LogP contribution in [0.5, 0.6) is 0 Å². The predicted molar refractivity (Wildman–Crippen MR) is 106 cm³/mol. The molecule has 0 saturated carbocycles. The minimum absolute atomic E-state index is 0.170. The first kappa shape index (κ1) is 20.7. The Bertz CT molecular complexity index is 1040. The van der Waals surface area contributed by atoms with Crippen LogP contribution in [0.1, 0.15) is 25.1 Å². The molecule has 0 saturated heterocycles. The average Bonchev–Trinajstić information content (AvgIpc) is 3.21. The van der Waals surface area contributed by atoms with Crippen molar-refractivity contribution in [3.63, 3.8) is 0 Å². The fraction of sp³-hybridized carbons (Fsp3) is 0.273. The third kappa shape index (κ3) is 3.42. The number of hydroxylamine groups is 1. The van der Waals surface area contributed by atoms with Crippen LogP contribution in [0, 0.1) is 11.2 Å². The minimum Gasteiger partial charge on any atom is -0.289 e. The second-order valence-electron chi connectivity index (χ2n) is 7.23. The highest BCUT2D eigenvalue weighted by atomic mass is 19.1. The highest BCUT2D eigenvalue weighted by Crippen LogP contribution is 2.47. The summed E-state index contributed by atoms with van der Waals surface area (Å²) in [5.74, 6) is -1.51. The van der Waals surface area contributed by atoms with E-state index in [0.717, 1.165) is 16.8 Å². The van der Waals surface area contributed by atoms with Crippen LogP contribution in [0.2, 0.25) is 0 Å². The Hall–Kier alpha value is -3.06. The van der Waals surface area contributed by atoms with E-state index in [9.17, 15) is 18.8 Å². The Labute approximate surface area is 168 Å². The summed E-state index contributed by atoms with van der Waals surface area (Å²) >= 11 is 0. The lowest BCUT2D eigenvalue weighted by atomic mass is 9.74. The molecular weight excluding hydrogens is 376 g/mol. The van der Waals surface area contributed by atoms with Crippen LogP contribution in [-0.4, -0.2) is 20.9 Å². The predicted octanol–water partition coefficient (Wildman–Crippen LogP) is 4.19. The molecular formula is C22H23F2N3O2. The standard InChI is InChI=1S/C22H23F2N3O2/c1-5-6-18(24)13(2)14(3)22(21(28)26-29)11-17-19(12-22)25-27(4)20(17)15-7-9-16(23)10-8-15/h5-10,29H,3,11-12H2,1-2,4H3,(H,26,28)/b6-5-,18-13+/t22-/m1/s1. The Morgan fingerprint density at radius 1 is 1.34 bits per heavy atom. The maximum atomic E-state index is 14.4. The molecule has 152 valence electrons. The largest absolute Gasteiger partial charge is 0.289 e. The number of nitrogens with zero attached hydrogens (tertiary/aromatic N) is 2. The maximum Gasteiger partial charge on any atom is 0.254 e. The monoisotopic (exact) mass is 399 g/mol. The van der Waals surface area contributed by atoms with Crippen LogP contribution >= 0.6 is 0 Å². The van der Waals surface area contributed by atoms with Gasteiger partial charge < -0.3 is 0 Å². The molecule has 0 fully saturated rings. The van der Waals surface area contributed by atoms with Crippen molar-refractivity contribution < 1.29 is 18.8 Å². The molecule has 0 spiro atoms.